The van der Waals surface area contributed by atoms with E-state index in [2.05, 4.69) is 57.3 Å². The van der Waals surface area contributed by atoms with Crippen LogP contribution in [0.25, 0.3) is 0 Å². The Morgan fingerprint density at radius 3 is 2.19 bits per heavy atom. The highest BCUT2D eigenvalue weighted by Crippen LogP contribution is 2.26. The molecular formula is C14H23NS. The van der Waals surface area contributed by atoms with Gasteiger partial charge >= 0.3 is 0 Å². The van der Waals surface area contributed by atoms with Crippen LogP contribution in [0.4, 0.5) is 0 Å². The van der Waals surface area contributed by atoms with Crippen LogP contribution in [0.2, 0.25) is 0 Å². The predicted octanol–water partition coefficient (Wildman–Crippen LogP) is 3.72. The van der Waals surface area contributed by atoms with Crippen molar-refractivity contribution in [3.8, 4) is 0 Å². The monoisotopic (exact) mass is 237 g/mol. The first-order valence-corrected chi connectivity index (χ1v) is 6.79. The number of aryl methyl sites for hydroxylation is 1. The first-order chi connectivity index (χ1) is 7.43. The van der Waals surface area contributed by atoms with Gasteiger partial charge < -0.3 is 5.32 Å². The minimum Gasteiger partial charge on any atom is -0.316 e. The summed E-state index contributed by atoms with van der Waals surface area (Å²) in [6.07, 6.45) is 0. The molecule has 0 saturated carbocycles. The maximum absolute atomic E-state index is 3.40. The average molecular weight is 237 g/mol. The van der Waals surface area contributed by atoms with Gasteiger partial charge in [-0.3, -0.25) is 0 Å². The summed E-state index contributed by atoms with van der Waals surface area (Å²) in [7, 11) is 2.05. The van der Waals surface area contributed by atoms with Gasteiger partial charge in [-0.25, -0.2) is 0 Å². The third-order valence-electron chi connectivity index (χ3n) is 2.83. The van der Waals surface area contributed by atoms with E-state index in [1.807, 2.05) is 18.8 Å². The van der Waals surface area contributed by atoms with Crippen LogP contribution < -0.4 is 5.32 Å². The van der Waals surface area contributed by atoms with Crippen molar-refractivity contribution in [1.29, 1.82) is 0 Å². The Kier molecular flexibility index (Phi) is 4.88. The van der Waals surface area contributed by atoms with E-state index in [1.54, 1.807) is 0 Å². The molecule has 1 unspecified atom stereocenters. The molecule has 1 atom stereocenters. The van der Waals surface area contributed by atoms with Crippen LogP contribution in [0.15, 0.2) is 29.2 Å². The first-order valence-electron chi connectivity index (χ1n) is 5.80. The van der Waals surface area contributed by atoms with Crippen LogP contribution in [-0.4, -0.2) is 18.8 Å². The fraction of sp³-hybridized carbons (Fsp3) is 0.571. The van der Waals surface area contributed by atoms with E-state index in [0.29, 0.717) is 11.5 Å². The van der Waals surface area contributed by atoms with E-state index in [9.17, 15) is 0 Å². The van der Waals surface area contributed by atoms with Crippen molar-refractivity contribution >= 4 is 11.8 Å². The molecule has 1 aromatic rings. The van der Waals surface area contributed by atoms with E-state index >= 15 is 0 Å². The van der Waals surface area contributed by atoms with Crippen molar-refractivity contribution < 1.29 is 0 Å². The molecule has 0 spiro atoms. The van der Waals surface area contributed by atoms with Gasteiger partial charge in [-0.2, -0.15) is 0 Å². The van der Waals surface area contributed by atoms with Gasteiger partial charge in [0, 0.05) is 16.7 Å². The molecule has 0 saturated heterocycles. The van der Waals surface area contributed by atoms with Gasteiger partial charge in [0.1, 0.15) is 0 Å². The highest BCUT2D eigenvalue weighted by molar-refractivity contribution is 7.99. The molecule has 16 heavy (non-hydrogen) atoms. The normalized spacial score (nSPS) is 13.8. The molecule has 0 bridgehead atoms. The number of hydrogen-bond acceptors (Lipinski definition) is 2. The maximum Gasteiger partial charge on any atom is 0.0207 e. The van der Waals surface area contributed by atoms with Crippen molar-refractivity contribution in [2.45, 2.75) is 38.6 Å². The second-order valence-corrected chi connectivity index (χ2v) is 6.42. The van der Waals surface area contributed by atoms with E-state index in [4.69, 9.17) is 0 Å². The van der Waals surface area contributed by atoms with Crippen LogP contribution in [0.3, 0.4) is 0 Å². The number of nitrogens with one attached hydrogen (secondary N) is 1. The van der Waals surface area contributed by atoms with Crippen LogP contribution in [0.5, 0.6) is 0 Å². The Morgan fingerprint density at radius 2 is 1.75 bits per heavy atom. The predicted molar refractivity (Wildman–Crippen MR) is 74.2 cm³/mol. The van der Waals surface area contributed by atoms with Crippen molar-refractivity contribution in [2.75, 3.05) is 12.8 Å². The Bertz CT molecular complexity index is 311. The number of thioether (sulfide) groups is 1. The topological polar surface area (TPSA) is 12.0 Å². The highest BCUT2D eigenvalue weighted by atomic mass is 32.2. The second kappa shape index (κ2) is 5.74. The van der Waals surface area contributed by atoms with Gasteiger partial charge in [0.2, 0.25) is 0 Å². The molecule has 1 aromatic carbocycles. The van der Waals surface area contributed by atoms with Gasteiger partial charge in [-0.15, -0.1) is 11.8 Å². The average Bonchev–Trinajstić information content (AvgIpc) is 2.19. The zero-order valence-corrected chi connectivity index (χ0v) is 11.8. The molecule has 1 nitrogen and oxygen atoms in total. The fourth-order valence-electron chi connectivity index (χ4n) is 1.58. The summed E-state index contributed by atoms with van der Waals surface area (Å²) in [5.74, 6) is 1.11. The standard InChI is InChI=1S/C14H23NS/c1-11-6-8-12(9-7-11)16-10-13(15-5)14(2,3)4/h6-9,13,15H,10H2,1-5H3. The molecular weight excluding hydrogens is 214 g/mol. The molecule has 90 valence electrons. The SMILES string of the molecule is CNC(CSc1ccc(C)cc1)C(C)(C)C. The summed E-state index contributed by atoms with van der Waals surface area (Å²) in [5, 5.41) is 3.40. The Balaban J connectivity index is 2.53. The van der Waals surface area contributed by atoms with Crippen molar-refractivity contribution in [3.63, 3.8) is 0 Å². The number of hydrogen-bond donors (Lipinski definition) is 1. The van der Waals surface area contributed by atoms with Crippen molar-refractivity contribution in [3.05, 3.63) is 29.8 Å². The molecule has 0 aromatic heterocycles. The smallest absolute Gasteiger partial charge is 0.0207 e. The van der Waals surface area contributed by atoms with Gasteiger partial charge in [0.25, 0.3) is 0 Å². The second-order valence-electron chi connectivity index (χ2n) is 5.33. The lowest BCUT2D eigenvalue weighted by Gasteiger charge is -2.30. The highest BCUT2D eigenvalue weighted by Gasteiger charge is 2.22. The molecule has 0 aliphatic rings. The van der Waals surface area contributed by atoms with E-state index < -0.39 is 0 Å². The van der Waals surface area contributed by atoms with E-state index in [0.717, 1.165) is 5.75 Å². The summed E-state index contributed by atoms with van der Waals surface area (Å²) < 4.78 is 0. The van der Waals surface area contributed by atoms with Gasteiger partial charge in [-0.05, 0) is 31.5 Å². The van der Waals surface area contributed by atoms with E-state index in [1.165, 1.54) is 10.5 Å². The Labute approximate surface area is 104 Å². The summed E-state index contributed by atoms with van der Waals surface area (Å²) in [6, 6.07) is 9.30. The zero-order chi connectivity index (χ0) is 12.2. The molecule has 1 rings (SSSR count). The van der Waals surface area contributed by atoms with Gasteiger partial charge in [0.05, 0.1) is 0 Å². The third-order valence-corrected chi connectivity index (χ3v) is 3.94. The van der Waals surface area contributed by atoms with Gasteiger partial charge in [0.15, 0.2) is 0 Å². The summed E-state index contributed by atoms with van der Waals surface area (Å²) >= 11 is 1.93. The lowest BCUT2D eigenvalue weighted by Crippen LogP contribution is -2.40. The number of benzene rings is 1. The van der Waals surface area contributed by atoms with Crippen LogP contribution in [-0.2, 0) is 0 Å². The molecule has 0 aliphatic heterocycles. The lowest BCUT2D eigenvalue weighted by molar-refractivity contribution is 0.305. The van der Waals surface area contributed by atoms with E-state index in [-0.39, 0.29) is 0 Å². The molecule has 2 heteroatoms. The Hall–Kier alpha value is -0.470. The molecule has 0 heterocycles. The van der Waals surface area contributed by atoms with Crippen molar-refractivity contribution in [1.82, 2.24) is 5.32 Å². The summed E-state index contributed by atoms with van der Waals surface area (Å²) in [6.45, 7) is 8.97. The molecule has 0 aliphatic carbocycles. The van der Waals surface area contributed by atoms with Crippen molar-refractivity contribution in [2.24, 2.45) is 5.41 Å². The van der Waals surface area contributed by atoms with Crippen LogP contribution in [0, 0.1) is 12.3 Å². The zero-order valence-electron chi connectivity index (χ0n) is 11.0. The quantitative estimate of drug-likeness (QED) is 0.801. The third kappa shape index (κ3) is 4.18. The molecule has 0 radical (unpaired) electrons. The maximum atomic E-state index is 3.40. The molecule has 1 N–H and O–H groups in total. The molecule has 0 amide bonds. The first kappa shape index (κ1) is 13.6. The number of rotatable bonds is 4. The summed E-state index contributed by atoms with van der Waals surface area (Å²) in [5.41, 5.74) is 1.64. The fourth-order valence-corrected chi connectivity index (χ4v) is 2.93. The largest absolute Gasteiger partial charge is 0.316 e. The minimum atomic E-state index is 0.312. The lowest BCUT2D eigenvalue weighted by atomic mass is 9.88. The Morgan fingerprint density at radius 1 is 1.19 bits per heavy atom. The minimum absolute atomic E-state index is 0.312. The van der Waals surface area contributed by atoms with Gasteiger partial charge in [-0.1, -0.05) is 38.5 Å². The van der Waals surface area contributed by atoms with Crippen LogP contribution >= 0.6 is 11.8 Å². The molecule has 0 fully saturated rings. The summed E-state index contributed by atoms with van der Waals surface area (Å²) in [4.78, 5) is 1.36. The van der Waals surface area contributed by atoms with Crippen LogP contribution in [0.1, 0.15) is 26.3 Å².